The van der Waals surface area contributed by atoms with Crippen molar-refractivity contribution in [3.05, 3.63) is 0 Å². The average molecular weight is 125 g/mol. The highest BCUT2D eigenvalue weighted by Crippen LogP contribution is 2.40. The maximum absolute atomic E-state index is 5.92. The molecule has 0 aromatic heterocycles. The van der Waals surface area contributed by atoms with Crippen LogP contribution >= 0.6 is 0 Å². The van der Waals surface area contributed by atoms with Crippen LogP contribution in [0.5, 0.6) is 0 Å². The summed E-state index contributed by atoms with van der Waals surface area (Å²) in [6.45, 7) is 0. The molecule has 0 heterocycles. The third kappa shape index (κ3) is 0.877. The highest BCUT2D eigenvalue weighted by molar-refractivity contribution is 4.88. The molecule has 0 radical (unpaired) electrons. The van der Waals surface area contributed by atoms with E-state index in [2.05, 4.69) is 0 Å². The number of hydrogen-bond acceptors (Lipinski definition) is 1. The van der Waals surface area contributed by atoms with E-state index < -0.39 is 0 Å². The van der Waals surface area contributed by atoms with Crippen molar-refractivity contribution in [2.75, 3.05) is 0 Å². The summed E-state index contributed by atoms with van der Waals surface area (Å²) in [6.07, 6.45) is 7.11. The Labute approximate surface area is 56.6 Å². The molecule has 1 atom stereocenters. The minimum Gasteiger partial charge on any atom is -0.327 e. The summed E-state index contributed by atoms with van der Waals surface area (Å²) in [4.78, 5) is 0. The average Bonchev–Trinajstić information content (AvgIpc) is 1.90. The van der Waals surface area contributed by atoms with Crippen LogP contribution in [0.1, 0.15) is 32.1 Å². The van der Waals surface area contributed by atoms with Gasteiger partial charge in [-0.15, -0.1) is 0 Å². The van der Waals surface area contributed by atoms with E-state index >= 15 is 0 Å². The molecule has 3 fully saturated rings. The Morgan fingerprint density at radius 3 is 1.89 bits per heavy atom. The summed E-state index contributed by atoms with van der Waals surface area (Å²) >= 11 is 0. The second-order valence-electron chi connectivity index (χ2n) is 3.68. The monoisotopic (exact) mass is 125 g/mol. The van der Waals surface area contributed by atoms with Crippen molar-refractivity contribution in [1.29, 1.82) is 0 Å². The van der Waals surface area contributed by atoms with E-state index in [1.165, 1.54) is 32.1 Å². The Bertz CT molecular complexity index is 103. The largest absolute Gasteiger partial charge is 0.327 e. The number of hydrogen-bond donors (Lipinski definition) is 1. The van der Waals surface area contributed by atoms with E-state index in [0.29, 0.717) is 6.04 Å². The van der Waals surface area contributed by atoms with Crippen LogP contribution < -0.4 is 5.73 Å². The number of rotatable bonds is 0. The lowest BCUT2D eigenvalue weighted by atomic mass is 9.68. The van der Waals surface area contributed by atoms with E-state index in [1.807, 2.05) is 0 Å². The Kier molecular flexibility index (Phi) is 1.26. The van der Waals surface area contributed by atoms with Gasteiger partial charge in [0.05, 0.1) is 0 Å². The van der Waals surface area contributed by atoms with Crippen molar-refractivity contribution in [2.45, 2.75) is 38.1 Å². The molecule has 2 bridgehead atoms. The zero-order valence-electron chi connectivity index (χ0n) is 5.84. The molecule has 3 aliphatic carbocycles. The molecule has 3 rings (SSSR count). The molecule has 0 aromatic carbocycles. The Morgan fingerprint density at radius 1 is 1.00 bits per heavy atom. The van der Waals surface area contributed by atoms with Crippen LogP contribution in [0.2, 0.25) is 0 Å². The van der Waals surface area contributed by atoms with Crippen LogP contribution in [-0.2, 0) is 0 Å². The van der Waals surface area contributed by atoms with Crippen LogP contribution in [0.25, 0.3) is 0 Å². The summed E-state index contributed by atoms with van der Waals surface area (Å²) < 4.78 is 0. The molecule has 0 aliphatic heterocycles. The first-order valence-corrected chi connectivity index (χ1v) is 4.12. The van der Waals surface area contributed by atoms with Crippen LogP contribution in [0.3, 0.4) is 0 Å². The van der Waals surface area contributed by atoms with Gasteiger partial charge in [0.2, 0.25) is 0 Å². The van der Waals surface area contributed by atoms with Crippen LogP contribution in [-0.4, -0.2) is 6.04 Å². The second kappa shape index (κ2) is 1.98. The van der Waals surface area contributed by atoms with Crippen molar-refractivity contribution in [1.82, 2.24) is 0 Å². The predicted octanol–water partition coefficient (Wildman–Crippen LogP) is 1.52. The third-order valence-electron chi connectivity index (χ3n) is 3.10. The number of nitrogens with two attached hydrogens (primary N) is 1. The molecular weight excluding hydrogens is 110 g/mol. The first-order chi connectivity index (χ1) is 4.36. The van der Waals surface area contributed by atoms with Gasteiger partial charge in [0.1, 0.15) is 0 Å². The van der Waals surface area contributed by atoms with Crippen molar-refractivity contribution in [3.63, 3.8) is 0 Å². The zero-order chi connectivity index (χ0) is 6.27. The standard InChI is InChI=1S/C8H15N/c9-8-5-6-1-3-7(8)4-2-6/h6-8H,1-5,9H2/t6?,7?,8-/m0/s1. The smallest absolute Gasteiger partial charge is 0.00698 e. The molecule has 3 aliphatic rings. The van der Waals surface area contributed by atoms with Crippen molar-refractivity contribution >= 4 is 0 Å². The van der Waals surface area contributed by atoms with Crippen LogP contribution in [0, 0.1) is 11.8 Å². The van der Waals surface area contributed by atoms with Gasteiger partial charge in [0, 0.05) is 6.04 Å². The Balaban J connectivity index is 2.06. The van der Waals surface area contributed by atoms with Gasteiger partial charge < -0.3 is 5.73 Å². The molecule has 0 amide bonds. The molecule has 52 valence electrons. The molecule has 9 heavy (non-hydrogen) atoms. The zero-order valence-corrected chi connectivity index (χ0v) is 5.84. The van der Waals surface area contributed by atoms with Gasteiger partial charge in [-0.2, -0.15) is 0 Å². The maximum Gasteiger partial charge on any atom is 0.00698 e. The lowest BCUT2D eigenvalue weighted by Gasteiger charge is -2.40. The molecule has 1 heteroatoms. The molecule has 0 aromatic rings. The first-order valence-electron chi connectivity index (χ1n) is 4.12. The molecule has 0 spiro atoms. The van der Waals surface area contributed by atoms with Gasteiger partial charge in [-0.05, 0) is 31.1 Å². The summed E-state index contributed by atoms with van der Waals surface area (Å²) in [5.74, 6) is 1.90. The van der Waals surface area contributed by atoms with Gasteiger partial charge in [0.15, 0.2) is 0 Å². The fraction of sp³-hybridized carbons (Fsp3) is 1.00. The first kappa shape index (κ1) is 5.72. The van der Waals surface area contributed by atoms with Gasteiger partial charge >= 0.3 is 0 Å². The minimum atomic E-state index is 0.567. The van der Waals surface area contributed by atoms with Gasteiger partial charge in [-0.3, -0.25) is 0 Å². The van der Waals surface area contributed by atoms with E-state index in [0.717, 1.165) is 11.8 Å². The van der Waals surface area contributed by atoms with E-state index in [-0.39, 0.29) is 0 Å². The predicted molar refractivity (Wildman–Crippen MR) is 38.0 cm³/mol. The topological polar surface area (TPSA) is 26.0 Å². The molecule has 3 saturated carbocycles. The van der Waals surface area contributed by atoms with Crippen molar-refractivity contribution < 1.29 is 0 Å². The molecular formula is C8H15N. The third-order valence-corrected chi connectivity index (χ3v) is 3.10. The highest BCUT2D eigenvalue weighted by Gasteiger charge is 2.32. The summed E-state index contributed by atoms with van der Waals surface area (Å²) in [7, 11) is 0. The lowest BCUT2D eigenvalue weighted by molar-refractivity contribution is 0.147. The number of fused-ring (bicyclic) bond motifs is 3. The molecule has 0 saturated heterocycles. The molecule has 2 N–H and O–H groups in total. The second-order valence-corrected chi connectivity index (χ2v) is 3.68. The highest BCUT2D eigenvalue weighted by atomic mass is 14.7. The van der Waals surface area contributed by atoms with E-state index in [1.54, 1.807) is 0 Å². The Hall–Kier alpha value is -0.0400. The van der Waals surface area contributed by atoms with E-state index in [4.69, 9.17) is 5.73 Å². The quantitative estimate of drug-likeness (QED) is 0.522. The minimum absolute atomic E-state index is 0.567. The van der Waals surface area contributed by atoms with Gasteiger partial charge in [0.25, 0.3) is 0 Å². The van der Waals surface area contributed by atoms with Crippen molar-refractivity contribution in [3.8, 4) is 0 Å². The molecule has 0 unspecified atom stereocenters. The van der Waals surface area contributed by atoms with Gasteiger partial charge in [-0.1, -0.05) is 12.8 Å². The fourth-order valence-corrected chi connectivity index (χ4v) is 2.43. The van der Waals surface area contributed by atoms with Gasteiger partial charge in [-0.25, -0.2) is 0 Å². The van der Waals surface area contributed by atoms with E-state index in [9.17, 15) is 0 Å². The maximum atomic E-state index is 5.92. The fourth-order valence-electron chi connectivity index (χ4n) is 2.43. The summed E-state index contributed by atoms with van der Waals surface area (Å²) in [6, 6.07) is 0.567. The van der Waals surface area contributed by atoms with Crippen LogP contribution in [0.15, 0.2) is 0 Å². The SMILES string of the molecule is N[C@H]1CC2CCC1CC2. The normalized spacial score (nSPS) is 49.7. The summed E-state index contributed by atoms with van der Waals surface area (Å²) in [5, 5.41) is 0. The lowest BCUT2D eigenvalue weighted by Crippen LogP contribution is -2.40. The Morgan fingerprint density at radius 2 is 1.67 bits per heavy atom. The molecule has 1 nitrogen and oxygen atoms in total. The summed E-state index contributed by atoms with van der Waals surface area (Å²) in [5.41, 5.74) is 5.92. The van der Waals surface area contributed by atoms with Crippen molar-refractivity contribution in [2.24, 2.45) is 17.6 Å². The van der Waals surface area contributed by atoms with Crippen LogP contribution in [0.4, 0.5) is 0 Å².